The van der Waals surface area contributed by atoms with Crippen LogP contribution in [0.15, 0.2) is 84.9 Å². The average molecular weight is 1030 g/mol. The van der Waals surface area contributed by atoms with Crippen LogP contribution in [-0.2, 0) is 0 Å². The molecule has 0 bridgehead atoms. The van der Waals surface area contributed by atoms with E-state index in [-0.39, 0.29) is 0 Å². The Labute approximate surface area is 459 Å². The van der Waals surface area contributed by atoms with Gasteiger partial charge >= 0.3 is 0 Å². The third kappa shape index (κ3) is 18.3. The summed E-state index contributed by atoms with van der Waals surface area (Å²) < 4.78 is 40.7. The molecule has 0 amide bonds. The van der Waals surface area contributed by atoms with E-state index in [1.807, 2.05) is 0 Å². The molecule has 6 heteroatoms. The third-order valence-electron chi connectivity index (χ3n) is 14.5. The smallest absolute Gasteiger partial charge is 0.134 e. The van der Waals surface area contributed by atoms with Crippen molar-refractivity contribution >= 4 is 56.6 Å². The van der Waals surface area contributed by atoms with Crippen LogP contribution >= 0.6 is 0 Å². The van der Waals surface area contributed by atoms with Gasteiger partial charge in [0.1, 0.15) is 34.5 Å². The van der Waals surface area contributed by atoms with Crippen molar-refractivity contribution in [1.29, 1.82) is 0 Å². The maximum absolute atomic E-state index is 6.87. The largest absolute Gasteiger partial charge is 0.493 e. The number of fused-ring (bicyclic) bond motifs is 3. The second kappa shape index (κ2) is 34.9. The Kier molecular flexibility index (Phi) is 27.4. The molecule has 0 heterocycles. The number of rotatable bonds is 40. The molecule has 6 aromatic rings. The van der Waals surface area contributed by atoms with Crippen LogP contribution in [0.3, 0.4) is 0 Å². The molecule has 0 aromatic heterocycles. The summed E-state index contributed by atoms with van der Waals surface area (Å²) >= 11 is 0. The van der Waals surface area contributed by atoms with Crippen LogP contribution < -0.4 is 28.4 Å². The van der Waals surface area contributed by atoms with Crippen LogP contribution in [0, 0.1) is 0 Å². The number of benzene rings is 6. The van der Waals surface area contributed by atoms with Crippen molar-refractivity contribution in [1.82, 2.24) is 0 Å². The van der Waals surface area contributed by atoms with E-state index in [0.717, 1.165) is 166 Å². The Morgan fingerprint density at radius 1 is 0.263 bits per heavy atom. The minimum atomic E-state index is 0.645. The Morgan fingerprint density at radius 2 is 0.539 bits per heavy atom. The molecule has 0 aliphatic carbocycles. The average Bonchev–Trinajstić information content (AvgIpc) is 3.45. The first-order valence-corrected chi connectivity index (χ1v) is 30.4. The maximum Gasteiger partial charge on any atom is 0.134 e. The fourth-order valence-electron chi connectivity index (χ4n) is 10.1. The van der Waals surface area contributed by atoms with Gasteiger partial charge in [-0.3, -0.25) is 0 Å². The summed E-state index contributed by atoms with van der Waals surface area (Å²) in [4.78, 5) is 0. The minimum Gasteiger partial charge on any atom is -0.493 e. The molecule has 0 spiro atoms. The van der Waals surface area contributed by atoms with Gasteiger partial charge in [0, 0.05) is 43.4 Å². The third-order valence-corrected chi connectivity index (χ3v) is 14.5. The van der Waals surface area contributed by atoms with Crippen molar-refractivity contribution in [3.8, 4) is 34.5 Å². The minimum absolute atomic E-state index is 0.645. The summed E-state index contributed by atoms with van der Waals surface area (Å²) in [6, 6.07) is 30.3. The maximum atomic E-state index is 6.87. The molecule has 0 saturated heterocycles. The van der Waals surface area contributed by atoms with Crippen molar-refractivity contribution in [3.05, 3.63) is 107 Å². The van der Waals surface area contributed by atoms with Crippen molar-refractivity contribution in [2.24, 2.45) is 0 Å². The SMILES string of the molecule is CCCCCCOc1cc(/C=C/c2ccc(OCCCCCC)c3c(/C=C/c4cc(OCCCCCC)c5ccccc5c4OCCCCCC)ccc(OCCCCCC)c23)c(OCCCCCC)c2ccccc12. The quantitative estimate of drug-likeness (QED) is 0.0282. The Morgan fingerprint density at radius 3 is 0.855 bits per heavy atom. The van der Waals surface area contributed by atoms with Crippen molar-refractivity contribution in [2.45, 2.75) is 196 Å². The van der Waals surface area contributed by atoms with E-state index in [1.54, 1.807) is 0 Å². The van der Waals surface area contributed by atoms with Crippen LogP contribution in [0.25, 0.3) is 56.6 Å². The lowest BCUT2D eigenvalue weighted by molar-refractivity contribution is 0.301. The monoisotopic (exact) mass is 1030 g/mol. The molecule has 0 fully saturated rings. The first kappa shape index (κ1) is 59.6. The second-order valence-electron chi connectivity index (χ2n) is 20.9. The summed E-state index contributed by atoms with van der Waals surface area (Å²) in [5.41, 5.74) is 4.11. The zero-order valence-corrected chi connectivity index (χ0v) is 48.1. The number of hydrogen-bond donors (Lipinski definition) is 0. The lowest BCUT2D eigenvalue weighted by Crippen LogP contribution is -2.03. The predicted molar refractivity (Wildman–Crippen MR) is 328 cm³/mol. The molecule has 0 aliphatic heterocycles. The first-order valence-electron chi connectivity index (χ1n) is 30.4. The molecule has 76 heavy (non-hydrogen) atoms. The predicted octanol–water partition coefficient (Wildman–Crippen LogP) is 21.2. The Hall–Kier alpha value is -5.62. The van der Waals surface area contributed by atoms with Crippen LogP contribution in [0.1, 0.15) is 218 Å². The van der Waals surface area contributed by atoms with Crippen LogP contribution in [0.5, 0.6) is 34.5 Å². The molecule has 6 rings (SSSR count). The van der Waals surface area contributed by atoms with E-state index in [9.17, 15) is 0 Å². The molecule has 6 nitrogen and oxygen atoms in total. The van der Waals surface area contributed by atoms with Crippen LogP contribution in [-0.4, -0.2) is 39.6 Å². The van der Waals surface area contributed by atoms with E-state index in [1.165, 1.54) is 77.0 Å². The molecule has 6 aromatic carbocycles. The number of unbranched alkanes of at least 4 members (excludes halogenated alkanes) is 18. The van der Waals surface area contributed by atoms with Crippen molar-refractivity contribution in [3.63, 3.8) is 0 Å². The number of hydrogen-bond acceptors (Lipinski definition) is 6. The Balaban J connectivity index is 1.52. The van der Waals surface area contributed by atoms with Gasteiger partial charge in [0.05, 0.1) is 39.6 Å². The molecule has 0 N–H and O–H groups in total. The van der Waals surface area contributed by atoms with E-state index in [4.69, 9.17) is 28.4 Å². The van der Waals surface area contributed by atoms with Gasteiger partial charge in [0.2, 0.25) is 0 Å². The highest BCUT2D eigenvalue weighted by atomic mass is 16.5. The molecule has 0 radical (unpaired) electrons. The Bertz CT molecular complexity index is 2480. The summed E-state index contributed by atoms with van der Waals surface area (Å²) in [5.74, 6) is 5.32. The summed E-state index contributed by atoms with van der Waals surface area (Å²) in [6.07, 6.45) is 36.3. The van der Waals surface area contributed by atoms with Gasteiger partial charge in [-0.2, -0.15) is 0 Å². The second-order valence-corrected chi connectivity index (χ2v) is 20.9. The van der Waals surface area contributed by atoms with Gasteiger partial charge in [0.25, 0.3) is 0 Å². The van der Waals surface area contributed by atoms with E-state index in [2.05, 4.69) is 151 Å². The normalized spacial score (nSPS) is 11.7. The molecule has 0 aliphatic rings. The lowest BCUT2D eigenvalue weighted by Gasteiger charge is -2.19. The molecular weight excluding hydrogens is 937 g/mol. The highest BCUT2D eigenvalue weighted by Gasteiger charge is 2.19. The summed E-state index contributed by atoms with van der Waals surface area (Å²) in [6.45, 7) is 17.5. The molecule has 0 saturated carbocycles. The van der Waals surface area contributed by atoms with Crippen molar-refractivity contribution < 1.29 is 28.4 Å². The van der Waals surface area contributed by atoms with E-state index in [0.29, 0.717) is 39.6 Å². The number of ether oxygens (including phenoxy) is 6. The van der Waals surface area contributed by atoms with Gasteiger partial charge in [-0.05, 0) is 73.9 Å². The fraction of sp³-hybridized carbons (Fsp3) is 0.514. The van der Waals surface area contributed by atoms with Crippen molar-refractivity contribution in [2.75, 3.05) is 39.6 Å². The van der Waals surface area contributed by atoms with Gasteiger partial charge in [0.15, 0.2) is 0 Å². The highest BCUT2D eigenvalue weighted by molar-refractivity contribution is 6.07. The summed E-state index contributed by atoms with van der Waals surface area (Å²) in [7, 11) is 0. The highest BCUT2D eigenvalue weighted by Crippen LogP contribution is 2.43. The summed E-state index contributed by atoms with van der Waals surface area (Å²) in [5, 5.41) is 6.40. The van der Waals surface area contributed by atoms with E-state index < -0.39 is 0 Å². The topological polar surface area (TPSA) is 55.4 Å². The fourth-order valence-corrected chi connectivity index (χ4v) is 10.1. The van der Waals surface area contributed by atoms with Gasteiger partial charge in [-0.1, -0.05) is 242 Å². The first-order chi connectivity index (χ1) is 37.6. The van der Waals surface area contributed by atoms with Gasteiger partial charge in [-0.25, -0.2) is 0 Å². The standard InChI is InChI=1S/C70H96O6/c1-7-13-19-29-47-71-63-45-43-56(40-42-58-54-66(74-50-32-22-16-10-4)60-36-26-28-38-62(60)70(58)76-52-34-24-18-12-6)68-64(72-48-30-20-14-8-2)46-44-55(67(63)68)39-41-57-53-65(73-49-31-21-15-9-3)59-35-25-27-37-61(59)69(57)75-51-33-23-17-11-5/h25-28,35-46,53-54H,7-24,29-34,47-52H2,1-6H3/b41-39+,42-40+. The molecule has 0 unspecified atom stereocenters. The molecule has 412 valence electrons. The zero-order valence-electron chi connectivity index (χ0n) is 48.1. The zero-order chi connectivity index (χ0) is 53.4. The van der Waals surface area contributed by atoms with Crippen LogP contribution in [0.2, 0.25) is 0 Å². The molecular formula is C70H96O6. The molecule has 0 atom stereocenters. The van der Waals surface area contributed by atoms with Gasteiger partial charge in [-0.15, -0.1) is 0 Å². The van der Waals surface area contributed by atoms with Crippen LogP contribution in [0.4, 0.5) is 0 Å². The van der Waals surface area contributed by atoms with Gasteiger partial charge < -0.3 is 28.4 Å². The lowest BCUT2D eigenvalue weighted by atomic mass is 9.95. The van der Waals surface area contributed by atoms with E-state index >= 15 is 0 Å².